The number of carbonyl (C=O) groups excluding carboxylic acids is 1. The summed E-state index contributed by atoms with van der Waals surface area (Å²) in [4.78, 5) is 25.9. The van der Waals surface area contributed by atoms with Crippen LogP contribution < -0.4 is 4.90 Å². The molecule has 90 valence electrons. The van der Waals surface area contributed by atoms with Crippen molar-refractivity contribution >= 4 is 17.7 Å². The third-order valence-electron chi connectivity index (χ3n) is 2.84. The quantitative estimate of drug-likeness (QED) is 0.854. The zero-order chi connectivity index (χ0) is 12.4. The van der Waals surface area contributed by atoms with Gasteiger partial charge in [-0.05, 0) is 11.6 Å². The SMILES string of the molecule is CN1CCN(c2ccccc2CC(=O)O)C1=O. The summed E-state index contributed by atoms with van der Waals surface area (Å²) in [6.07, 6.45) is -0.0658. The topological polar surface area (TPSA) is 60.9 Å². The van der Waals surface area contributed by atoms with Gasteiger partial charge in [-0.1, -0.05) is 18.2 Å². The molecule has 1 aromatic carbocycles. The molecule has 2 amide bonds. The Kier molecular flexibility index (Phi) is 2.99. The van der Waals surface area contributed by atoms with Crippen LogP contribution in [0.4, 0.5) is 10.5 Å². The molecule has 1 N–H and O–H groups in total. The first-order valence-corrected chi connectivity index (χ1v) is 5.42. The number of carbonyl (C=O) groups is 2. The van der Waals surface area contributed by atoms with Gasteiger partial charge in [0.1, 0.15) is 0 Å². The number of urea groups is 1. The summed E-state index contributed by atoms with van der Waals surface area (Å²) in [5.74, 6) is -0.891. The Labute approximate surface area is 99.3 Å². The van der Waals surface area contributed by atoms with E-state index < -0.39 is 5.97 Å². The minimum atomic E-state index is -0.891. The van der Waals surface area contributed by atoms with E-state index >= 15 is 0 Å². The lowest BCUT2D eigenvalue weighted by molar-refractivity contribution is -0.136. The first kappa shape index (κ1) is 11.4. The Bertz CT molecular complexity index is 459. The number of amides is 2. The van der Waals surface area contributed by atoms with Crippen molar-refractivity contribution in [2.75, 3.05) is 25.0 Å². The lowest BCUT2D eigenvalue weighted by Crippen LogP contribution is -2.30. The highest BCUT2D eigenvalue weighted by Gasteiger charge is 2.28. The molecular weight excluding hydrogens is 220 g/mol. The van der Waals surface area contributed by atoms with Gasteiger partial charge in [0.15, 0.2) is 0 Å². The summed E-state index contributed by atoms with van der Waals surface area (Å²) in [5, 5.41) is 8.84. The number of aliphatic carboxylic acids is 1. The van der Waals surface area contributed by atoms with E-state index in [1.165, 1.54) is 0 Å². The number of para-hydroxylation sites is 1. The Hall–Kier alpha value is -2.04. The zero-order valence-electron chi connectivity index (χ0n) is 9.59. The third-order valence-corrected chi connectivity index (χ3v) is 2.84. The molecule has 1 saturated heterocycles. The normalized spacial score (nSPS) is 15.5. The molecule has 1 aliphatic rings. The van der Waals surface area contributed by atoms with Gasteiger partial charge in [0.25, 0.3) is 0 Å². The van der Waals surface area contributed by atoms with E-state index in [-0.39, 0.29) is 12.5 Å². The molecule has 2 rings (SSSR count). The predicted octanol–water partition coefficient (Wildman–Crippen LogP) is 1.19. The fraction of sp³-hybridized carbons (Fsp3) is 0.333. The summed E-state index contributed by atoms with van der Waals surface area (Å²) in [5.41, 5.74) is 1.37. The van der Waals surface area contributed by atoms with Crippen LogP contribution in [-0.2, 0) is 11.2 Å². The number of benzene rings is 1. The van der Waals surface area contributed by atoms with E-state index in [9.17, 15) is 9.59 Å². The van der Waals surface area contributed by atoms with Crippen LogP contribution in [-0.4, -0.2) is 42.1 Å². The zero-order valence-corrected chi connectivity index (χ0v) is 9.59. The lowest BCUT2D eigenvalue weighted by atomic mass is 10.1. The first-order chi connectivity index (χ1) is 8.09. The summed E-state index contributed by atoms with van der Waals surface area (Å²) in [7, 11) is 1.74. The average molecular weight is 234 g/mol. The molecule has 1 aromatic rings. The number of likely N-dealkylation sites (N-methyl/N-ethyl adjacent to an activating group) is 1. The maximum Gasteiger partial charge on any atom is 0.324 e. The van der Waals surface area contributed by atoms with Gasteiger partial charge in [-0.3, -0.25) is 9.69 Å². The lowest BCUT2D eigenvalue weighted by Gasteiger charge is -2.19. The summed E-state index contributed by atoms with van der Waals surface area (Å²) < 4.78 is 0. The van der Waals surface area contributed by atoms with Crippen LogP contribution in [0.5, 0.6) is 0 Å². The van der Waals surface area contributed by atoms with Crippen LogP contribution in [0.3, 0.4) is 0 Å². The van der Waals surface area contributed by atoms with Gasteiger partial charge in [-0.2, -0.15) is 0 Å². The van der Waals surface area contributed by atoms with Gasteiger partial charge in [0, 0.05) is 25.8 Å². The molecule has 5 heteroatoms. The Morgan fingerprint density at radius 1 is 1.35 bits per heavy atom. The number of carboxylic acid groups (broad SMARTS) is 1. The maximum atomic E-state index is 11.8. The molecule has 0 saturated carbocycles. The van der Waals surface area contributed by atoms with Crippen molar-refractivity contribution in [2.24, 2.45) is 0 Å². The van der Waals surface area contributed by atoms with Crippen molar-refractivity contribution in [3.63, 3.8) is 0 Å². The van der Waals surface area contributed by atoms with Gasteiger partial charge in [-0.25, -0.2) is 4.79 Å². The predicted molar refractivity (Wildman–Crippen MR) is 63.2 cm³/mol. The first-order valence-electron chi connectivity index (χ1n) is 5.42. The second kappa shape index (κ2) is 4.45. The number of hydrogen-bond donors (Lipinski definition) is 1. The molecule has 1 heterocycles. The summed E-state index contributed by atoms with van der Waals surface area (Å²) >= 11 is 0. The van der Waals surface area contributed by atoms with E-state index in [4.69, 9.17) is 5.11 Å². The Morgan fingerprint density at radius 2 is 2.06 bits per heavy atom. The second-order valence-corrected chi connectivity index (χ2v) is 4.05. The molecule has 0 unspecified atom stereocenters. The molecule has 5 nitrogen and oxygen atoms in total. The van der Waals surface area contributed by atoms with Crippen LogP contribution >= 0.6 is 0 Å². The highest BCUT2D eigenvalue weighted by molar-refractivity contribution is 5.95. The van der Waals surface area contributed by atoms with E-state index in [1.54, 1.807) is 35.0 Å². The van der Waals surface area contributed by atoms with Crippen LogP contribution in [0, 0.1) is 0 Å². The highest BCUT2D eigenvalue weighted by Crippen LogP contribution is 2.24. The highest BCUT2D eigenvalue weighted by atomic mass is 16.4. The van der Waals surface area contributed by atoms with Gasteiger partial charge in [-0.15, -0.1) is 0 Å². The van der Waals surface area contributed by atoms with Crippen LogP contribution in [0.25, 0.3) is 0 Å². The van der Waals surface area contributed by atoms with E-state index in [0.717, 1.165) is 0 Å². The smallest absolute Gasteiger partial charge is 0.324 e. The van der Waals surface area contributed by atoms with Crippen molar-refractivity contribution < 1.29 is 14.7 Å². The molecule has 1 aliphatic heterocycles. The molecule has 0 spiro atoms. The minimum absolute atomic E-state index is 0.0658. The molecule has 1 fully saturated rings. The van der Waals surface area contributed by atoms with Crippen molar-refractivity contribution in [1.29, 1.82) is 0 Å². The van der Waals surface area contributed by atoms with Crippen LogP contribution in [0.1, 0.15) is 5.56 Å². The molecule has 0 atom stereocenters. The van der Waals surface area contributed by atoms with E-state index in [2.05, 4.69) is 0 Å². The Balaban J connectivity index is 2.32. The summed E-state index contributed by atoms with van der Waals surface area (Å²) in [6, 6.07) is 7.05. The van der Waals surface area contributed by atoms with Gasteiger partial charge in [0.2, 0.25) is 0 Å². The molecule has 0 aliphatic carbocycles. The van der Waals surface area contributed by atoms with Crippen molar-refractivity contribution in [3.8, 4) is 0 Å². The summed E-state index contributed by atoms with van der Waals surface area (Å²) in [6.45, 7) is 1.27. The standard InChI is InChI=1S/C12H14N2O3/c1-13-6-7-14(12(13)17)10-5-3-2-4-9(10)8-11(15)16/h2-5H,6-8H2,1H3,(H,15,16). The van der Waals surface area contributed by atoms with Gasteiger partial charge >= 0.3 is 12.0 Å². The minimum Gasteiger partial charge on any atom is -0.481 e. The molecular formula is C12H14N2O3. The Morgan fingerprint density at radius 3 is 2.65 bits per heavy atom. The monoisotopic (exact) mass is 234 g/mol. The van der Waals surface area contributed by atoms with Gasteiger partial charge in [0.05, 0.1) is 6.42 Å². The van der Waals surface area contributed by atoms with Crippen molar-refractivity contribution in [2.45, 2.75) is 6.42 Å². The van der Waals surface area contributed by atoms with Crippen LogP contribution in [0.15, 0.2) is 24.3 Å². The molecule has 0 bridgehead atoms. The third kappa shape index (κ3) is 2.22. The van der Waals surface area contributed by atoms with E-state index in [0.29, 0.717) is 24.3 Å². The molecule has 17 heavy (non-hydrogen) atoms. The number of rotatable bonds is 3. The fourth-order valence-corrected chi connectivity index (χ4v) is 1.96. The number of hydrogen-bond acceptors (Lipinski definition) is 2. The molecule has 0 aromatic heterocycles. The molecule has 0 radical (unpaired) electrons. The maximum absolute atomic E-state index is 11.8. The van der Waals surface area contributed by atoms with Crippen molar-refractivity contribution in [1.82, 2.24) is 4.90 Å². The largest absolute Gasteiger partial charge is 0.481 e. The number of nitrogens with zero attached hydrogens (tertiary/aromatic N) is 2. The fourth-order valence-electron chi connectivity index (χ4n) is 1.96. The van der Waals surface area contributed by atoms with E-state index in [1.807, 2.05) is 6.07 Å². The number of carboxylic acids is 1. The average Bonchev–Trinajstić information content (AvgIpc) is 2.60. The second-order valence-electron chi connectivity index (χ2n) is 4.05. The number of anilines is 1. The van der Waals surface area contributed by atoms with Crippen LogP contribution in [0.2, 0.25) is 0 Å². The van der Waals surface area contributed by atoms with Crippen molar-refractivity contribution in [3.05, 3.63) is 29.8 Å². The van der Waals surface area contributed by atoms with Gasteiger partial charge < -0.3 is 10.0 Å².